The van der Waals surface area contributed by atoms with Crippen molar-refractivity contribution in [2.75, 3.05) is 7.05 Å². The molecule has 1 aromatic heterocycles. The minimum absolute atomic E-state index is 0.202. The number of likely N-dealkylation sites (N-methyl/N-ethyl adjacent to an activating group) is 1. The number of benzene rings is 2. The molecule has 126 valence electrons. The van der Waals surface area contributed by atoms with E-state index in [1.54, 1.807) is 12.3 Å². The van der Waals surface area contributed by atoms with Crippen LogP contribution in [0.4, 0.5) is 4.39 Å². The molecule has 0 spiro atoms. The van der Waals surface area contributed by atoms with Gasteiger partial charge in [-0.2, -0.15) is 0 Å². The number of hydrogen-bond donors (Lipinski definition) is 1. The molecule has 0 atom stereocenters. The Kier molecular flexibility index (Phi) is 5.00. The fraction of sp³-hybridized carbons (Fsp3) is 0.0526. The monoisotopic (exact) mass is 354 g/mol. The van der Waals surface area contributed by atoms with Crippen LogP contribution in [0.5, 0.6) is 0 Å². The van der Waals surface area contributed by atoms with Crippen LogP contribution in [0.15, 0.2) is 59.6 Å². The van der Waals surface area contributed by atoms with E-state index in [-0.39, 0.29) is 10.7 Å². The maximum Gasteiger partial charge on any atom is 0.257 e. The third-order valence-corrected chi connectivity index (χ3v) is 4.41. The van der Waals surface area contributed by atoms with Gasteiger partial charge >= 0.3 is 0 Å². The smallest absolute Gasteiger partial charge is 0.257 e. The molecule has 0 saturated heterocycles. The zero-order valence-corrected chi connectivity index (χ0v) is 14.2. The van der Waals surface area contributed by atoms with Crippen LogP contribution in [0.2, 0.25) is 0 Å². The molecule has 0 fully saturated rings. The van der Waals surface area contributed by atoms with E-state index in [1.165, 1.54) is 19.2 Å². The molecule has 4 nitrogen and oxygen atoms in total. The number of halogens is 1. The van der Waals surface area contributed by atoms with Crippen molar-refractivity contribution in [2.24, 2.45) is 0 Å². The number of nitrogens with zero attached hydrogens (tertiary/aromatic N) is 1. The Morgan fingerprint density at radius 3 is 2.60 bits per heavy atom. The molecule has 3 rings (SSSR count). The van der Waals surface area contributed by atoms with Crippen LogP contribution in [0, 0.1) is 5.82 Å². The molecular weight excluding hydrogens is 339 g/mol. The quantitative estimate of drug-likeness (QED) is 0.560. The van der Waals surface area contributed by atoms with Gasteiger partial charge < -0.3 is 9.88 Å². The maximum atomic E-state index is 14.5. The van der Waals surface area contributed by atoms with E-state index in [0.29, 0.717) is 22.1 Å². The molecule has 0 bridgehead atoms. The van der Waals surface area contributed by atoms with E-state index >= 15 is 0 Å². The molecule has 1 heterocycles. The molecule has 0 saturated carbocycles. The van der Waals surface area contributed by atoms with Crippen LogP contribution in [0.25, 0.3) is 22.7 Å². The maximum absolute atomic E-state index is 14.5. The lowest BCUT2D eigenvalue weighted by Gasteiger charge is -2.04. The Balaban J connectivity index is 2.25. The van der Waals surface area contributed by atoms with Crippen LogP contribution in [0.3, 0.4) is 0 Å². The van der Waals surface area contributed by atoms with E-state index in [4.69, 9.17) is 0 Å². The summed E-state index contributed by atoms with van der Waals surface area (Å²) in [7, 11) is 1.48. The highest BCUT2D eigenvalue weighted by Gasteiger charge is 2.15. The van der Waals surface area contributed by atoms with E-state index in [2.05, 4.69) is 5.32 Å². The highest BCUT2D eigenvalue weighted by molar-refractivity contribution is 8.16. The zero-order valence-electron chi connectivity index (χ0n) is 13.4. The molecule has 3 aromatic rings. The molecular formula is C19H15FN2O2S. The molecule has 0 unspecified atom stereocenters. The predicted octanol–water partition coefficient (Wildman–Crippen LogP) is 3.78. The third kappa shape index (κ3) is 3.34. The SMILES string of the molecule is CNC(=O)/C(=C/c1cn(-c2ccccc2)c2cccc(F)c12)SC=O. The minimum Gasteiger partial charge on any atom is -0.355 e. The van der Waals surface area contributed by atoms with Crippen molar-refractivity contribution in [2.45, 2.75) is 0 Å². The topological polar surface area (TPSA) is 51.1 Å². The Hall–Kier alpha value is -2.86. The van der Waals surface area contributed by atoms with Gasteiger partial charge in [-0.25, -0.2) is 4.39 Å². The zero-order chi connectivity index (χ0) is 17.8. The average Bonchev–Trinajstić information content (AvgIpc) is 3.01. The van der Waals surface area contributed by atoms with Gasteiger partial charge in [-0.1, -0.05) is 24.3 Å². The summed E-state index contributed by atoms with van der Waals surface area (Å²) < 4.78 is 16.3. The highest BCUT2D eigenvalue weighted by Crippen LogP contribution is 2.30. The van der Waals surface area contributed by atoms with E-state index in [9.17, 15) is 14.0 Å². The van der Waals surface area contributed by atoms with Gasteiger partial charge in [0.2, 0.25) is 0 Å². The van der Waals surface area contributed by atoms with Gasteiger partial charge in [0.15, 0.2) is 5.62 Å². The molecule has 1 N–H and O–H groups in total. The molecule has 0 aliphatic rings. The number of thioether (sulfide) groups is 1. The molecule has 0 aliphatic carbocycles. The van der Waals surface area contributed by atoms with Gasteiger partial charge in [0, 0.05) is 29.9 Å². The van der Waals surface area contributed by atoms with Crippen molar-refractivity contribution >= 4 is 40.3 Å². The van der Waals surface area contributed by atoms with Crippen molar-refractivity contribution in [1.82, 2.24) is 9.88 Å². The van der Waals surface area contributed by atoms with Gasteiger partial charge in [-0.05, 0) is 42.1 Å². The third-order valence-electron chi connectivity index (χ3n) is 3.75. The van der Waals surface area contributed by atoms with Crippen molar-refractivity contribution in [1.29, 1.82) is 0 Å². The number of nitrogens with one attached hydrogen (secondary N) is 1. The summed E-state index contributed by atoms with van der Waals surface area (Å²) >= 11 is 0.760. The second-order valence-electron chi connectivity index (χ2n) is 5.23. The van der Waals surface area contributed by atoms with Crippen LogP contribution in [-0.2, 0) is 9.59 Å². The standard InChI is InChI=1S/C19H15FN2O2S/c1-21-19(24)17(25-12-23)10-13-11-22(14-6-3-2-4-7-14)16-9-5-8-15(20)18(13)16/h2-12H,1H3,(H,21,24)/b17-10-. The van der Waals surface area contributed by atoms with Gasteiger partial charge in [0.05, 0.1) is 10.4 Å². The van der Waals surface area contributed by atoms with Gasteiger partial charge in [0.25, 0.3) is 5.91 Å². The number of fused-ring (bicyclic) bond motifs is 1. The lowest BCUT2D eigenvalue weighted by molar-refractivity contribution is -0.116. The molecule has 0 aliphatic heterocycles. The number of para-hydroxylation sites is 1. The summed E-state index contributed by atoms with van der Waals surface area (Å²) in [6.07, 6.45) is 3.29. The second-order valence-corrected chi connectivity index (χ2v) is 6.09. The summed E-state index contributed by atoms with van der Waals surface area (Å²) in [4.78, 5) is 23.0. The normalized spacial score (nSPS) is 11.5. The molecule has 6 heteroatoms. The van der Waals surface area contributed by atoms with Crippen LogP contribution in [-0.4, -0.2) is 23.1 Å². The van der Waals surface area contributed by atoms with Gasteiger partial charge in [-0.15, -0.1) is 0 Å². The fourth-order valence-corrected chi connectivity index (χ4v) is 3.16. The van der Waals surface area contributed by atoms with Crippen molar-refractivity contribution in [3.8, 4) is 5.69 Å². The van der Waals surface area contributed by atoms with Crippen molar-refractivity contribution in [3.63, 3.8) is 0 Å². The van der Waals surface area contributed by atoms with Gasteiger partial charge in [0.1, 0.15) is 5.82 Å². The second kappa shape index (κ2) is 7.36. The largest absolute Gasteiger partial charge is 0.355 e. The summed E-state index contributed by atoms with van der Waals surface area (Å²) in [5.41, 5.74) is 2.67. The minimum atomic E-state index is -0.394. The first-order valence-corrected chi connectivity index (χ1v) is 8.42. The average molecular weight is 354 g/mol. The first kappa shape index (κ1) is 17.0. The van der Waals surface area contributed by atoms with Crippen LogP contribution in [0.1, 0.15) is 5.56 Å². The Morgan fingerprint density at radius 2 is 1.92 bits per heavy atom. The summed E-state index contributed by atoms with van der Waals surface area (Å²) in [6, 6.07) is 14.4. The number of carbonyl (C=O) groups is 2. The Bertz CT molecular complexity index is 964. The van der Waals surface area contributed by atoms with E-state index in [1.807, 2.05) is 41.0 Å². The summed E-state index contributed by atoms with van der Waals surface area (Å²) in [6.45, 7) is 0. The van der Waals surface area contributed by atoms with Crippen LogP contribution < -0.4 is 5.32 Å². The van der Waals surface area contributed by atoms with E-state index in [0.717, 1.165) is 17.4 Å². The van der Waals surface area contributed by atoms with Gasteiger partial charge in [-0.3, -0.25) is 9.59 Å². The fourth-order valence-electron chi connectivity index (χ4n) is 2.65. The number of rotatable bonds is 5. The lowest BCUT2D eigenvalue weighted by atomic mass is 10.1. The summed E-state index contributed by atoms with van der Waals surface area (Å²) in [5, 5.41) is 2.89. The molecule has 0 radical (unpaired) electrons. The van der Waals surface area contributed by atoms with Crippen molar-refractivity contribution < 1.29 is 14.0 Å². The molecule has 1 amide bonds. The number of aromatic nitrogens is 1. The van der Waals surface area contributed by atoms with E-state index < -0.39 is 5.91 Å². The Morgan fingerprint density at radius 1 is 1.16 bits per heavy atom. The Labute approximate surface area is 148 Å². The first-order valence-electron chi connectivity index (χ1n) is 7.54. The van der Waals surface area contributed by atoms with Crippen molar-refractivity contribution in [3.05, 3.63) is 71.0 Å². The number of hydrogen-bond acceptors (Lipinski definition) is 3. The number of carbonyl (C=O) groups excluding carboxylic acids is 2. The van der Waals surface area contributed by atoms with Crippen LogP contribution >= 0.6 is 11.8 Å². The number of amides is 1. The predicted molar refractivity (Wildman–Crippen MR) is 99.6 cm³/mol. The summed E-state index contributed by atoms with van der Waals surface area (Å²) in [5.74, 6) is -0.778. The lowest BCUT2D eigenvalue weighted by Crippen LogP contribution is -2.18. The first-order chi connectivity index (χ1) is 12.2. The molecule has 25 heavy (non-hydrogen) atoms. The highest BCUT2D eigenvalue weighted by atomic mass is 32.2. The molecule has 2 aromatic carbocycles.